The summed E-state index contributed by atoms with van der Waals surface area (Å²) in [6.45, 7) is 9.06. The van der Waals surface area contributed by atoms with Gasteiger partial charge in [-0.2, -0.15) is 15.0 Å². The molecule has 0 saturated carbocycles. The van der Waals surface area contributed by atoms with E-state index < -0.39 is 0 Å². The van der Waals surface area contributed by atoms with E-state index in [1.165, 1.54) is 0 Å². The van der Waals surface area contributed by atoms with Crippen molar-refractivity contribution >= 4 is 17.8 Å². The number of rotatable bonds is 2. The maximum atomic E-state index is 5.72. The van der Waals surface area contributed by atoms with Gasteiger partial charge in [0.15, 0.2) is 0 Å². The largest absolute Gasteiger partial charge is 0.378 e. The molecule has 0 radical (unpaired) electrons. The number of morpholine rings is 1. The van der Waals surface area contributed by atoms with E-state index in [1.807, 2.05) is 20.8 Å². The highest BCUT2D eigenvalue weighted by Gasteiger charge is 2.18. The predicted octanol–water partition coefficient (Wildman–Crippen LogP) is 0.501. The smallest absolute Gasteiger partial charge is 0.232 e. The SMILES string of the molecule is CC(C)(C)Nc1nc(N)nc(N2CCOCC2)n1. The van der Waals surface area contributed by atoms with Crippen LogP contribution < -0.4 is 16.0 Å². The van der Waals surface area contributed by atoms with Crippen LogP contribution in [-0.2, 0) is 4.74 Å². The van der Waals surface area contributed by atoms with Crippen molar-refractivity contribution in [1.82, 2.24) is 15.0 Å². The normalized spacial score (nSPS) is 16.7. The number of ether oxygens (including phenoxy) is 1. The maximum Gasteiger partial charge on any atom is 0.232 e. The molecule has 0 amide bonds. The van der Waals surface area contributed by atoms with Crippen molar-refractivity contribution in [2.75, 3.05) is 42.3 Å². The molecule has 0 aliphatic carbocycles. The Morgan fingerprint density at radius 1 is 1.17 bits per heavy atom. The summed E-state index contributed by atoms with van der Waals surface area (Å²) in [4.78, 5) is 14.7. The fraction of sp³-hybridized carbons (Fsp3) is 0.727. The van der Waals surface area contributed by atoms with Crippen molar-refractivity contribution in [3.05, 3.63) is 0 Å². The van der Waals surface area contributed by atoms with E-state index in [-0.39, 0.29) is 11.5 Å². The minimum atomic E-state index is -0.115. The average molecular weight is 252 g/mol. The molecule has 1 aromatic rings. The van der Waals surface area contributed by atoms with E-state index in [4.69, 9.17) is 10.5 Å². The van der Waals surface area contributed by atoms with Crippen LogP contribution in [0.1, 0.15) is 20.8 Å². The quantitative estimate of drug-likeness (QED) is 0.792. The lowest BCUT2D eigenvalue weighted by Gasteiger charge is -2.27. The Balaban J connectivity index is 2.20. The van der Waals surface area contributed by atoms with Crippen molar-refractivity contribution in [2.24, 2.45) is 0 Å². The molecule has 0 bridgehead atoms. The van der Waals surface area contributed by atoms with Gasteiger partial charge in [0.2, 0.25) is 17.8 Å². The zero-order chi connectivity index (χ0) is 13.2. The van der Waals surface area contributed by atoms with Crippen LogP contribution in [0.2, 0.25) is 0 Å². The molecular weight excluding hydrogens is 232 g/mol. The highest BCUT2D eigenvalue weighted by Crippen LogP contribution is 2.16. The molecule has 7 heteroatoms. The third-order valence-corrected chi connectivity index (χ3v) is 2.42. The van der Waals surface area contributed by atoms with Gasteiger partial charge in [0.05, 0.1) is 13.2 Å². The summed E-state index contributed by atoms with van der Waals surface area (Å²) in [5, 5.41) is 3.20. The van der Waals surface area contributed by atoms with Crippen molar-refractivity contribution in [2.45, 2.75) is 26.3 Å². The summed E-state index contributed by atoms with van der Waals surface area (Å²) in [6.07, 6.45) is 0. The second-order valence-corrected chi connectivity index (χ2v) is 5.29. The zero-order valence-corrected chi connectivity index (χ0v) is 11.1. The third-order valence-electron chi connectivity index (χ3n) is 2.42. The Morgan fingerprint density at radius 3 is 2.44 bits per heavy atom. The second-order valence-electron chi connectivity index (χ2n) is 5.29. The molecule has 7 nitrogen and oxygen atoms in total. The summed E-state index contributed by atoms with van der Waals surface area (Å²) < 4.78 is 5.30. The van der Waals surface area contributed by atoms with Gasteiger partial charge in [-0.25, -0.2) is 0 Å². The number of nitrogen functional groups attached to an aromatic ring is 1. The van der Waals surface area contributed by atoms with Gasteiger partial charge in [-0.3, -0.25) is 0 Å². The highest BCUT2D eigenvalue weighted by atomic mass is 16.5. The lowest BCUT2D eigenvalue weighted by Crippen LogP contribution is -2.38. The number of nitrogens with zero attached hydrogens (tertiary/aromatic N) is 4. The van der Waals surface area contributed by atoms with Crippen molar-refractivity contribution < 1.29 is 4.74 Å². The molecule has 2 rings (SSSR count). The summed E-state index contributed by atoms with van der Waals surface area (Å²) in [7, 11) is 0. The molecule has 1 aromatic heterocycles. The number of nitrogens with two attached hydrogens (primary N) is 1. The molecule has 18 heavy (non-hydrogen) atoms. The van der Waals surface area contributed by atoms with Gasteiger partial charge in [0, 0.05) is 18.6 Å². The number of nitrogens with one attached hydrogen (secondary N) is 1. The van der Waals surface area contributed by atoms with Crippen LogP contribution >= 0.6 is 0 Å². The molecule has 0 spiro atoms. The van der Waals surface area contributed by atoms with Gasteiger partial charge in [-0.15, -0.1) is 0 Å². The van der Waals surface area contributed by atoms with Crippen LogP contribution in [0.4, 0.5) is 17.8 Å². The van der Waals surface area contributed by atoms with Gasteiger partial charge in [0.1, 0.15) is 0 Å². The van der Waals surface area contributed by atoms with E-state index in [0.29, 0.717) is 25.1 Å². The Bertz CT molecular complexity index is 410. The predicted molar refractivity (Wildman–Crippen MR) is 70.6 cm³/mol. The molecule has 2 heterocycles. The lowest BCUT2D eigenvalue weighted by atomic mass is 10.1. The zero-order valence-electron chi connectivity index (χ0n) is 11.1. The van der Waals surface area contributed by atoms with Crippen LogP contribution in [0.5, 0.6) is 0 Å². The Kier molecular flexibility index (Phi) is 3.51. The Hall–Kier alpha value is -1.63. The van der Waals surface area contributed by atoms with E-state index >= 15 is 0 Å². The minimum Gasteiger partial charge on any atom is -0.378 e. The molecule has 3 N–H and O–H groups in total. The Morgan fingerprint density at radius 2 is 1.83 bits per heavy atom. The second kappa shape index (κ2) is 4.93. The maximum absolute atomic E-state index is 5.72. The van der Waals surface area contributed by atoms with E-state index in [2.05, 4.69) is 25.2 Å². The highest BCUT2D eigenvalue weighted by molar-refractivity contribution is 5.43. The standard InChI is InChI=1S/C11H20N6O/c1-11(2,3)16-9-13-8(12)14-10(15-9)17-4-6-18-7-5-17/h4-7H2,1-3H3,(H3,12,13,14,15,16). The first-order valence-electron chi connectivity index (χ1n) is 6.06. The summed E-state index contributed by atoms with van der Waals surface area (Å²) in [6, 6.07) is 0. The monoisotopic (exact) mass is 252 g/mol. The van der Waals surface area contributed by atoms with Crippen molar-refractivity contribution in [3.63, 3.8) is 0 Å². The van der Waals surface area contributed by atoms with Gasteiger partial charge in [-0.05, 0) is 20.8 Å². The summed E-state index contributed by atoms with van der Waals surface area (Å²) in [5.41, 5.74) is 5.61. The van der Waals surface area contributed by atoms with Crippen molar-refractivity contribution in [3.8, 4) is 0 Å². The molecule has 1 fully saturated rings. The van der Waals surface area contributed by atoms with Crippen molar-refractivity contribution in [1.29, 1.82) is 0 Å². The molecule has 1 aliphatic rings. The molecule has 1 saturated heterocycles. The molecule has 0 unspecified atom stereocenters. The summed E-state index contributed by atoms with van der Waals surface area (Å²) in [5.74, 6) is 1.35. The van der Waals surface area contributed by atoms with E-state index in [0.717, 1.165) is 13.1 Å². The van der Waals surface area contributed by atoms with E-state index in [9.17, 15) is 0 Å². The summed E-state index contributed by atoms with van der Waals surface area (Å²) >= 11 is 0. The molecule has 0 aromatic carbocycles. The van der Waals surface area contributed by atoms with Gasteiger partial charge in [-0.1, -0.05) is 0 Å². The topological polar surface area (TPSA) is 89.2 Å². The fourth-order valence-electron chi connectivity index (χ4n) is 1.68. The van der Waals surface area contributed by atoms with Crippen LogP contribution in [0.3, 0.4) is 0 Å². The number of hydrogen-bond acceptors (Lipinski definition) is 7. The first kappa shape index (κ1) is 12.8. The fourth-order valence-corrected chi connectivity index (χ4v) is 1.68. The molecule has 1 aliphatic heterocycles. The molecule has 0 atom stereocenters. The number of hydrogen-bond donors (Lipinski definition) is 2. The molecule has 100 valence electrons. The first-order chi connectivity index (χ1) is 8.44. The molecular formula is C11H20N6O. The van der Waals surface area contributed by atoms with E-state index in [1.54, 1.807) is 0 Å². The van der Waals surface area contributed by atoms with Crippen LogP contribution in [0.25, 0.3) is 0 Å². The van der Waals surface area contributed by atoms with Crippen LogP contribution in [0.15, 0.2) is 0 Å². The number of aromatic nitrogens is 3. The van der Waals surface area contributed by atoms with Gasteiger partial charge >= 0.3 is 0 Å². The Labute approximate surface area is 107 Å². The van der Waals surface area contributed by atoms with Crippen LogP contribution in [0, 0.1) is 0 Å². The van der Waals surface area contributed by atoms with Gasteiger partial charge < -0.3 is 20.7 Å². The average Bonchev–Trinajstić information content (AvgIpc) is 2.27. The van der Waals surface area contributed by atoms with Gasteiger partial charge in [0.25, 0.3) is 0 Å². The minimum absolute atomic E-state index is 0.115. The lowest BCUT2D eigenvalue weighted by molar-refractivity contribution is 0.122. The number of anilines is 3. The first-order valence-corrected chi connectivity index (χ1v) is 6.06. The van der Waals surface area contributed by atoms with Crippen LogP contribution in [-0.4, -0.2) is 46.8 Å². The third kappa shape index (κ3) is 3.43.